The molecule has 0 saturated carbocycles. The van der Waals surface area contributed by atoms with E-state index in [1.54, 1.807) is 6.07 Å². The SMILES string of the molecule is CC(C)c1ccc2c(c1)OCC(O)(CCl)O2. The summed E-state index contributed by atoms with van der Waals surface area (Å²) in [6.45, 7) is 4.28. The fourth-order valence-corrected chi connectivity index (χ4v) is 1.70. The molecule has 0 radical (unpaired) electrons. The molecule has 0 fully saturated rings. The molecule has 3 nitrogen and oxygen atoms in total. The molecule has 0 bridgehead atoms. The van der Waals surface area contributed by atoms with Gasteiger partial charge in [0.15, 0.2) is 18.1 Å². The predicted molar refractivity (Wildman–Crippen MR) is 62.3 cm³/mol. The average molecular weight is 243 g/mol. The summed E-state index contributed by atoms with van der Waals surface area (Å²) in [6, 6.07) is 5.71. The number of fused-ring (bicyclic) bond motifs is 1. The third-order valence-corrected chi connectivity index (χ3v) is 3.01. The van der Waals surface area contributed by atoms with E-state index in [1.807, 2.05) is 12.1 Å². The van der Waals surface area contributed by atoms with E-state index in [9.17, 15) is 5.11 Å². The van der Waals surface area contributed by atoms with Crippen LogP contribution < -0.4 is 9.47 Å². The summed E-state index contributed by atoms with van der Waals surface area (Å²) in [4.78, 5) is 0. The molecule has 1 aliphatic rings. The highest BCUT2D eigenvalue weighted by atomic mass is 35.5. The molecule has 0 saturated heterocycles. The van der Waals surface area contributed by atoms with Gasteiger partial charge in [-0.2, -0.15) is 0 Å². The molecule has 1 aliphatic heterocycles. The second kappa shape index (κ2) is 4.15. The van der Waals surface area contributed by atoms with Crippen LogP contribution in [0.1, 0.15) is 25.3 Å². The minimum absolute atomic E-state index is 0.0155. The molecule has 0 spiro atoms. The Morgan fingerprint density at radius 1 is 1.44 bits per heavy atom. The summed E-state index contributed by atoms with van der Waals surface area (Å²) < 4.78 is 10.9. The highest BCUT2D eigenvalue weighted by molar-refractivity contribution is 6.18. The van der Waals surface area contributed by atoms with Crippen molar-refractivity contribution in [2.45, 2.75) is 25.6 Å². The van der Waals surface area contributed by atoms with E-state index in [4.69, 9.17) is 21.1 Å². The zero-order valence-corrected chi connectivity index (χ0v) is 10.1. The summed E-state index contributed by atoms with van der Waals surface area (Å²) in [5.74, 6) is 0.217. The number of aliphatic hydroxyl groups is 1. The lowest BCUT2D eigenvalue weighted by molar-refractivity contribution is -0.156. The number of halogens is 1. The van der Waals surface area contributed by atoms with Gasteiger partial charge in [0.05, 0.1) is 5.88 Å². The minimum atomic E-state index is -1.41. The normalized spacial score (nSPS) is 23.6. The minimum Gasteiger partial charge on any atom is -0.483 e. The molecular weight excluding hydrogens is 228 g/mol. The molecule has 0 amide bonds. The van der Waals surface area contributed by atoms with E-state index < -0.39 is 5.79 Å². The largest absolute Gasteiger partial charge is 0.483 e. The molecule has 1 atom stereocenters. The van der Waals surface area contributed by atoms with E-state index in [0.717, 1.165) is 0 Å². The van der Waals surface area contributed by atoms with Gasteiger partial charge in [-0.3, -0.25) is 0 Å². The second-order valence-electron chi connectivity index (χ2n) is 4.33. The van der Waals surface area contributed by atoms with Crippen LogP contribution >= 0.6 is 11.6 Å². The van der Waals surface area contributed by atoms with Crippen LogP contribution in [0.4, 0.5) is 0 Å². The van der Waals surface area contributed by atoms with Gasteiger partial charge in [-0.25, -0.2) is 0 Å². The summed E-state index contributed by atoms with van der Waals surface area (Å²) in [7, 11) is 0. The van der Waals surface area contributed by atoms with Crippen LogP contribution in [0.3, 0.4) is 0 Å². The molecule has 4 heteroatoms. The van der Waals surface area contributed by atoms with Crippen molar-refractivity contribution in [3.05, 3.63) is 23.8 Å². The molecule has 0 aliphatic carbocycles. The van der Waals surface area contributed by atoms with E-state index in [0.29, 0.717) is 17.4 Å². The molecule has 16 heavy (non-hydrogen) atoms. The van der Waals surface area contributed by atoms with Crippen LogP contribution in [0, 0.1) is 0 Å². The lowest BCUT2D eigenvalue weighted by Crippen LogP contribution is -2.46. The van der Waals surface area contributed by atoms with Crippen molar-refractivity contribution in [1.29, 1.82) is 0 Å². The summed E-state index contributed by atoms with van der Waals surface area (Å²) >= 11 is 5.61. The first-order chi connectivity index (χ1) is 7.54. The Hall–Kier alpha value is -0.930. The summed E-state index contributed by atoms with van der Waals surface area (Å²) in [6.07, 6.45) is 0. The maximum atomic E-state index is 9.83. The van der Waals surface area contributed by atoms with Crippen LogP contribution in [0.2, 0.25) is 0 Å². The summed E-state index contributed by atoms with van der Waals surface area (Å²) in [5.41, 5.74) is 1.18. The van der Waals surface area contributed by atoms with Crippen LogP contribution in [-0.2, 0) is 0 Å². The number of ether oxygens (including phenoxy) is 2. The van der Waals surface area contributed by atoms with Crippen LogP contribution in [0.15, 0.2) is 18.2 Å². The fourth-order valence-electron chi connectivity index (χ4n) is 1.57. The Balaban J connectivity index is 2.29. The Bertz CT molecular complexity index is 392. The Morgan fingerprint density at radius 3 is 2.81 bits per heavy atom. The Morgan fingerprint density at radius 2 is 2.19 bits per heavy atom. The Kier molecular flexibility index (Phi) is 3.00. The topological polar surface area (TPSA) is 38.7 Å². The average Bonchev–Trinajstić information content (AvgIpc) is 2.28. The van der Waals surface area contributed by atoms with Crippen molar-refractivity contribution in [1.82, 2.24) is 0 Å². The van der Waals surface area contributed by atoms with Crippen molar-refractivity contribution in [2.75, 3.05) is 12.5 Å². The van der Waals surface area contributed by atoms with E-state index >= 15 is 0 Å². The van der Waals surface area contributed by atoms with Gasteiger partial charge in [0, 0.05) is 0 Å². The third-order valence-electron chi connectivity index (χ3n) is 2.60. The summed E-state index contributed by atoms with van der Waals surface area (Å²) in [5, 5.41) is 9.83. The number of hydrogen-bond acceptors (Lipinski definition) is 3. The highest BCUT2D eigenvalue weighted by Gasteiger charge is 2.34. The standard InChI is InChI=1S/C12H15ClO3/c1-8(2)9-3-4-10-11(5-9)15-7-12(14,6-13)16-10/h3-5,8,14H,6-7H2,1-2H3. The first kappa shape index (κ1) is 11.6. The molecule has 1 aromatic carbocycles. The van der Waals surface area contributed by atoms with Crippen molar-refractivity contribution in [3.8, 4) is 11.5 Å². The Labute approximate surface area is 99.9 Å². The zero-order chi connectivity index (χ0) is 11.8. The number of benzene rings is 1. The van der Waals surface area contributed by atoms with Gasteiger partial charge in [-0.05, 0) is 23.6 Å². The molecule has 0 aromatic heterocycles. The molecular formula is C12H15ClO3. The monoisotopic (exact) mass is 242 g/mol. The first-order valence-corrected chi connectivity index (χ1v) is 5.81. The van der Waals surface area contributed by atoms with Gasteiger partial charge in [-0.1, -0.05) is 19.9 Å². The van der Waals surface area contributed by atoms with Crippen molar-refractivity contribution in [2.24, 2.45) is 0 Å². The van der Waals surface area contributed by atoms with Crippen molar-refractivity contribution >= 4 is 11.6 Å². The van der Waals surface area contributed by atoms with E-state index in [-0.39, 0.29) is 12.5 Å². The van der Waals surface area contributed by atoms with Gasteiger partial charge in [0.25, 0.3) is 5.79 Å². The third kappa shape index (κ3) is 2.11. The van der Waals surface area contributed by atoms with Gasteiger partial charge in [-0.15, -0.1) is 11.6 Å². The number of hydrogen-bond donors (Lipinski definition) is 1. The van der Waals surface area contributed by atoms with Gasteiger partial charge in [0.2, 0.25) is 0 Å². The number of rotatable bonds is 2. The van der Waals surface area contributed by atoms with Crippen molar-refractivity contribution < 1.29 is 14.6 Å². The highest BCUT2D eigenvalue weighted by Crippen LogP contribution is 2.36. The first-order valence-electron chi connectivity index (χ1n) is 5.28. The molecule has 1 aromatic rings. The fraction of sp³-hybridized carbons (Fsp3) is 0.500. The van der Waals surface area contributed by atoms with E-state index in [2.05, 4.69) is 13.8 Å². The van der Waals surface area contributed by atoms with Crippen LogP contribution in [0.5, 0.6) is 11.5 Å². The molecule has 88 valence electrons. The maximum Gasteiger partial charge on any atom is 0.256 e. The lowest BCUT2D eigenvalue weighted by Gasteiger charge is -2.32. The smallest absolute Gasteiger partial charge is 0.256 e. The van der Waals surface area contributed by atoms with E-state index in [1.165, 1.54) is 5.56 Å². The van der Waals surface area contributed by atoms with Gasteiger partial charge in [0.1, 0.15) is 0 Å². The lowest BCUT2D eigenvalue weighted by atomic mass is 10.0. The molecule has 2 rings (SSSR count). The zero-order valence-electron chi connectivity index (χ0n) is 9.37. The molecule has 1 heterocycles. The predicted octanol–water partition coefficient (Wildman–Crippen LogP) is 2.51. The second-order valence-corrected chi connectivity index (χ2v) is 4.60. The molecule has 1 N–H and O–H groups in total. The maximum absolute atomic E-state index is 9.83. The van der Waals surface area contributed by atoms with Crippen LogP contribution in [0.25, 0.3) is 0 Å². The van der Waals surface area contributed by atoms with Crippen molar-refractivity contribution in [3.63, 3.8) is 0 Å². The van der Waals surface area contributed by atoms with Gasteiger partial charge < -0.3 is 14.6 Å². The van der Waals surface area contributed by atoms with Gasteiger partial charge >= 0.3 is 0 Å². The molecule has 1 unspecified atom stereocenters. The quantitative estimate of drug-likeness (QED) is 0.810. The number of alkyl halides is 1. The van der Waals surface area contributed by atoms with Crippen LogP contribution in [-0.4, -0.2) is 23.4 Å².